The van der Waals surface area contributed by atoms with E-state index in [1.54, 1.807) is 11.3 Å². The molecular formula is C10H9BrOS2. The quantitative estimate of drug-likeness (QED) is 0.809. The second-order valence-electron chi connectivity index (χ2n) is 2.84. The van der Waals surface area contributed by atoms with Gasteiger partial charge in [0.25, 0.3) is 0 Å². The van der Waals surface area contributed by atoms with Crippen molar-refractivity contribution in [3.05, 3.63) is 22.0 Å². The van der Waals surface area contributed by atoms with Gasteiger partial charge in [-0.15, -0.1) is 24.0 Å². The molecule has 0 saturated heterocycles. The number of thiophene rings is 1. The average Bonchev–Trinajstić information content (AvgIpc) is 2.45. The fraction of sp³-hybridized carbons (Fsp3) is 0.200. The zero-order valence-electron chi connectivity index (χ0n) is 7.58. The van der Waals surface area contributed by atoms with Gasteiger partial charge in [0.15, 0.2) is 0 Å². The van der Waals surface area contributed by atoms with Gasteiger partial charge in [-0.1, -0.05) is 0 Å². The molecule has 1 heterocycles. The summed E-state index contributed by atoms with van der Waals surface area (Å²) in [6, 6.07) is 6.09. The van der Waals surface area contributed by atoms with Gasteiger partial charge in [-0.2, -0.15) is 0 Å². The van der Waals surface area contributed by atoms with Crippen molar-refractivity contribution in [3.8, 4) is 5.75 Å². The molecule has 0 aliphatic rings. The van der Waals surface area contributed by atoms with Gasteiger partial charge in [-0.25, -0.2) is 0 Å². The molecule has 0 aliphatic heterocycles. The molecule has 0 atom stereocenters. The molecule has 0 radical (unpaired) electrons. The number of halogens is 1. The third-order valence-electron chi connectivity index (χ3n) is 1.85. The summed E-state index contributed by atoms with van der Waals surface area (Å²) in [7, 11) is 0. The molecule has 2 rings (SSSR count). The van der Waals surface area contributed by atoms with E-state index in [0.29, 0.717) is 6.61 Å². The first-order chi connectivity index (χ1) is 6.70. The van der Waals surface area contributed by atoms with Crippen LogP contribution in [-0.2, 0) is 0 Å². The summed E-state index contributed by atoms with van der Waals surface area (Å²) in [5.74, 6) is 0.914. The Bertz CT molecular complexity index is 464. The molecule has 74 valence electrons. The Labute approximate surface area is 101 Å². The van der Waals surface area contributed by atoms with Crippen molar-refractivity contribution in [3.63, 3.8) is 0 Å². The van der Waals surface area contributed by atoms with Crippen LogP contribution in [0.15, 0.2) is 26.9 Å². The van der Waals surface area contributed by atoms with E-state index in [1.165, 1.54) is 4.70 Å². The third kappa shape index (κ3) is 1.92. The summed E-state index contributed by atoms with van der Waals surface area (Å²) in [6.07, 6.45) is 0. The highest BCUT2D eigenvalue weighted by Crippen LogP contribution is 2.37. The maximum atomic E-state index is 5.55. The van der Waals surface area contributed by atoms with E-state index < -0.39 is 0 Å². The van der Waals surface area contributed by atoms with Gasteiger partial charge < -0.3 is 4.74 Å². The van der Waals surface area contributed by atoms with Crippen LogP contribution in [0.3, 0.4) is 0 Å². The largest absolute Gasteiger partial charge is 0.493 e. The first-order valence-corrected chi connectivity index (χ1v) is 6.31. The molecule has 4 heteroatoms. The minimum absolute atomic E-state index is 0.680. The van der Waals surface area contributed by atoms with Crippen LogP contribution in [0.2, 0.25) is 0 Å². The van der Waals surface area contributed by atoms with Crippen LogP contribution in [0.4, 0.5) is 0 Å². The minimum atomic E-state index is 0.680. The van der Waals surface area contributed by atoms with Crippen molar-refractivity contribution in [1.29, 1.82) is 0 Å². The molecule has 1 aromatic carbocycles. The highest BCUT2D eigenvalue weighted by Gasteiger charge is 2.06. The van der Waals surface area contributed by atoms with Crippen molar-refractivity contribution in [2.24, 2.45) is 0 Å². The molecule has 1 aromatic heterocycles. The fourth-order valence-electron chi connectivity index (χ4n) is 1.34. The summed E-state index contributed by atoms with van der Waals surface area (Å²) >= 11 is 9.51. The summed E-state index contributed by atoms with van der Waals surface area (Å²) in [6.45, 7) is 2.66. The Morgan fingerprint density at radius 3 is 2.93 bits per heavy atom. The van der Waals surface area contributed by atoms with Crippen LogP contribution in [0, 0.1) is 0 Å². The lowest BCUT2D eigenvalue weighted by Crippen LogP contribution is -1.91. The molecule has 0 amide bonds. The van der Waals surface area contributed by atoms with Crippen LogP contribution in [-0.4, -0.2) is 6.61 Å². The van der Waals surface area contributed by atoms with Gasteiger partial charge in [0.2, 0.25) is 0 Å². The van der Waals surface area contributed by atoms with Gasteiger partial charge in [-0.05, 0) is 41.1 Å². The van der Waals surface area contributed by atoms with Crippen molar-refractivity contribution in [2.75, 3.05) is 6.61 Å². The van der Waals surface area contributed by atoms with E-state index >= 15 is 0 Å². The van der Waals surface area contributed by atoms with E-state index in [0.717, 1.165) is 19.8 Å². The summed E-state index contributed by atoms with van der Waals surface area (Å²) in [4.78, 5) is 0.940. The van der Waals surface area contributed by atoms with Crippen molar-refractivity contribution in [1.82, 2.24) is 0 Å². The zero-order valence-corrected chi connectivity index (χ0v) is 10.9. The Hall–Kier alpha value is -0.190. The highest BCUT2D eigenvalue weighted by atomic mass is 79.9. The molecule has 1 nitrogen and oxygen atoms in total. The number of ether oxygens (including phenoxy) is 1. The average molecular weight is 289 g/mol. The van der Waals surface area contributed by atoms with Gasteiger partial charge >= 0.3 is 0 Å². The number of hydrogen-bond donors (Lipinski definition) is 1. The molecule has 0 aliphatic carbocycles. The van der Waals surface area contributed by atoms with E-state index in [9.17, 15) is 0 Å². The second-order valence-corrected chi connectivity index (χ2v) is 5.82. The minimum Gasteiger partial charge on any atom is -0.493 e. The third-order valence-corrected chi connectivity index (χ3v) is 3.70. The number of hydrogen-bond acceptors (Lipinski definition) is 3. The molecule has 14 heavy (non-hydrogen) atoms. The normalized spacial score (nSPS) is 10.8. The molecule has 2 aromatic rings. The summed E-state index contributed by atoms with van der Waals surface area (Å²) in [5.41, 5.74) is 0. The van der Waals surface area contributed by atoms with Crippen LogP contribution < -0.4 is 4.74 Å². The number of rotatable bonds is 2. The van der Waals surface area contributed by atoms with Crippen LogP contribution in [0.5, 0.6) is 5.75 Å². The lowest BCUT2D eigenvalue weighted by atomic mass is 10.2. The summed E-state index contributed by atoms with van der Waals surface area (Å²) < 4.78 is 7.87. The van der Waals surface area contributed by atoms with E-state index in [-0.39, 0.29) is 0 Å². The Balaban J connectivity index is 2.66. The Kier molecular flexibility index (Phi) is 3.04. The molecule has 0 saturated carbocycles. The Morgan fingerprint density at radius 1 is 1.43 bits per heavy atom. The van der Waals surface area contributed by atoms with E-state index in [4.69, 9.17) is 4.74 Å². The number of benzene rings is 1. The molecule has 0 bridgehead atoms. The van der Waals surface area contributed by atoms with Crippen molar-refractivity contribution >= 4 is 50.0 Å². The first kappa shape index (κ1) is 10.3. The first-order valence-electron chi connectivity index (χ1n) is 4.25. The predicted octanol–water partition coefficient (Wildman–Crippen LogP) is 4.35. The summed E-state index contributed by atoms with van der Waals surface area (Å²) in [5, 5.41) is 1.15. The van der Waals surface area contributed by atoms with Crippen molar-refractivity contribution < 1.29 is 4.74 Å². The molecule has 0 fully saturated rings. The molecule has 0 unspecified atom stereocenters. The van der Waals surface area contributed by atoms with Crippen LogP contribution >= 0.6 is 39.9 Å². The predicted molar refractivity (Wildman–Crippen MR) is 67.9 cm³/mol. The molecular weight excluding hydrogens is 280 g/mol. The number of thiol groups is 1. The Morgan fingerprint density at radius 2 is 2.21 bits per heavy atom. The van der Waals surface area contributed by atoms with Gasteiger partial charge in [-0.3, -0.25) is 0 Å². The molecule has 0 N–H and O–H groups in total. The van der Waals surface area contributed by atoms with Gasteiger partial charge in [0.05, 0.1) is 10.4 Å². The maximum absolute atomic E-state index is 5.55. The monoisotopic (exact) mass is 288 g/mol. The van der Waals surface area contributed by atoms with E-state index in [1.807, 2.05) is 13.0 Å². The van der Waals surface area contributed by atoms with Crippen LogP contribution in [0.1, 0.15) is 6.92 Å². The van der Waals surface area contributed by atoms with Crippen molar-refractivity contribution in [2.45, 2.75) is 11.8 Å². The molecule has 0 spiro atoms. The van der Waals surface area contributed by atoms with E-state index in [2.05, 4.69) is 40.7 Å². The zero-order chi connectivity index (χ0) is 10.1. The number of fused-ring (bicyclic) bond motifs is 1. The lowest BCUT2D eigenvalue weighted by Gasteiger charge is -2.05. The van der Waals surface area contributed by atoms with Crippen LogP contribution in [0.25, 0.3) is 10.1 Å². The highest BCUT2D eigenvalue weighted by molar-refractivity contribution is 9.11. The SMILES string of the molecule is CCOc1cc(S)cc2sc(Br)cc12. The standard InChI is InChI=1S/C10H9BrOS2/c1-2-12-8-3-6(13)4-9-7(8)5-10(11)14-9/h3-5,13H,2H2,1H3. The topological polar surface area (TPSA) is 9.23 Å². The lowest BCUT2D eigenvalue weighted by molar-refractivity contribution is 0.343. The van der Waals surface area contributed by atoms with Gasteiger partial charge in [0, 0.05) is 15.0 Å². The van der Waals surface area contributed by atoms with Gasteiger partial charge in [0.1, 0.15) is 5.75 Å². The maximum Gasteiger partial charge on any atom is 0.129 e. The smallest absolute Gasteiger partial charge is 0.129 e. The fourth-order valence-corrected chi connectivity index (χ4v) is 3.26. The second kappa shape index (κ2) is 4.13.